The van der Waals surface area contributed by atoms with E-state index in [-0.39, 0.29) is 16.2 Å². The molecule has 0 spiro atoms. The number of carbonyl (C=O) groups excluding carboxylic acids is 2. The van der Waals surface area contributed by atoms with Crippen LogP contribution in [0.3, 0.4) is 0 Å². The first kappa shape index (κ1) is 24.0. The predicted molar refractivity (Wildman–Crippen MR) is 123 cm³/mol. The Morgan fingerprint density at radius 2 is 1.55 bits per heavy atom. The van der Waals surface area contributed by atoms with Crippen molar-refractivity contribution in [1.82, 2.24) is 4.72 Å². The number of rotatable bonds is 7. The van der Waals surface area contributed by atoms with E-state index in [0.29, 0.717) is 5.69 Å². The Labute approximate surface area is 192 Å². The highest BCUT2D eigenvalue weighted by atomic mass is 32.2. The molecule has 172 valence electrons. The number of anilines is 1. The number of nitrogens with zero attached hydrogens (tertiary/aromatic N) is 1. The fourth-order valence-electron chi connectivity index (χ4n) is 3.26. The van der Waals surface area contributed by atoms with Crippen LogP contribution in [0.1, 0.15) is 18.5 Å². The Kier molecular flexibility index (Phi) is 7.47. The molecule has 0 fully saturated rings. The molecule has 0 saturated carbocycles. The van der Waals surface area contributed by atoms with E-state index in [4.69, 9.17) is 9.47 Å². The lowest BCUT2D eigenvalue weighted by Gasteiger charge is -2.23. The van der Waals surface area contributed by atoms with Crippen molar-refractivity contribution in [1.29, 1.82) is 0 Å². The van der Waals surface area contributed by atoms with Crippen LogP contribution in [0, 0.1) is 0 Å². The molecule has 1 N–H and O–H groups in total. The number of benzene rings is 2. The summed E-state index contributed by atoms with van der Waals surface area (Å²) in [6, 6.07) is 14.7. The Bertz CT molecular complexity index is 1220. The summed E-state index contributed by atoms with van der Waals surface area (Å²) in [6.07, 6.45) is 6.23. The molecule has 9 heteroatoms. The minimum Gasteiger partial charge on any atom is -0.465 e. The van der Waals surface area contributed by atoms with Gasteiger partial charge in [-0.3, -0.25) is 0 Å². The number of hydrogen-bond acceptors (Lipinski definition) is 7. The number of sulfonamides is 1. The molecule has 3 rings (SSSR count). The van der Waals surface area contributed by atoms with Gasteiger partial charge in [-0.05, 0) is 48.9 Å². The van der Waals surface area contributed by atoms with E-state index in [2.05, 4.69) is 4.72 Å². The summed E-state index contributed by atoms with van der Waals surface area (Å²) < 4.78 is 38.0. The number of allylic oxidation sites excluding steroid dienone is 2. The maximum atomic E-state index is 12.9. The maximum Gasteiger partial charge on any atom is 0.355 e. The lowest BCUT2D eigenvalue weighted by molar-refractivity contribution is -0.139. The second-order valence-corrected chi connectivity index (χ2v) is 8.78. The zero-order valence-electron chi connectivity index (χ0n) is 18.4. The fourth-order valence-corrected chi connectivity index (χ4v) is 4.49. The first-order valence-corrected chi connectivity index (χ1v) is 11.5. The monoisotopic (exact) mass is 468 g/mol. The summed E-state index contributed by atoms with van der Waals surface area (Å²) >= 11 is 0. The third-order valence-corrected chi connectivity index (χ3v) is 6.50. The normalized spacial score (nSPS) is 14.6. The molecule has 0 radical (unpaired) electrons. The van der Waals surface area contributed by atoms with Crippen LogP contribution in [0.5, 0.6) is 0 Å². The lowest BCUT2D eigenvalue weighted by Crippen LogP contribution is -2.28. The molecule has 0 bridgehead atoms. The highest BCUT2D eigenvalue weighted by molar-refractivity contribution is 7.89. The van der Waals surface area contributed by atoms with E-state index in [9.17, 15) is 18.0 Å². The fraction of sp³-hybridized carbons (Fsp3) is 0.167. The molecule has 2 aromatic rings. The number of nitrogens with one attached hydrogen (secondary N) is 1. The molecule has 0 amide bonds. The van der Waals surface area contributed by atoms with Crippen molar-refractivity contribution in [2.24, 2.45) is 0 Å². The smallest absolute Gasteiger partial charge is 0.355 e. The van der Waals surface area contributed by atoms with E-state index in [1.165, 1.54) is 49.5 Å². The average Bonchev–Trinajstić information content (AvgIpc) is 3.06. The van der Waals surface area contributed by atoms with Crippen molar-refractivity contribution >= 4 is 27.6 Å². The second-order valence-electron chi connectivity index (χ2n) is 7.06. The molecule has 8 nitrogen and oxygen atoms in total. The van der Waals surface area contributed by atoms with Crippen molar-refractivity contribution < 1.29 is 27.5 Å². The molecule has 0 aromatic heterocycles. The highest BCUT2D eigenvalue weighted by Gasteiger charge is 2.28. The van der Waals surface area contributed by atoms with Crippen molar-refractivity contribution in [3.05, 3.63) is 95.9 Å². The number of esters is 2. The van der Waals surface area contributed by atoms with E-state index in [1.807, 2.05) is 30.3 Å². The van der Waals surface area contributed by atoms with Crippen molar-refractivity contribution in [2.75, 3.05) is 19.1 Å². The van der Waals surface area contributed by atoms with Crippen molar-refractivity contribution in [2.45, 2.75) is 17.9 Å². The van der Waals surface area contributed by atoms with Crippen molar-refractivity contribution in [3.63, 3.8) is 0 Å². The minimum absolute atomic E-state index is 0.00407. The van der Waals surface area contributed by atoms with Crippen LogP contribution < -0.4 is 9.62 Å². The molecule has 1 atom stereocenters. The average molecular weight is 469 g/mol. The van der Waals surface area contributed by atoms with Crippen molar-refractivity contribution in [3.8, 4) is 0 Å². The standard InChI is InChI=1S/C24H24N2O6S/c1-17(18-9-5-4-6-10-18)25-33(29,30)20-14-12-19(13-15-20)26-16-8-7-11-21(23(27)31-2)22(26)24(28)32-3/h4-17,25H,1-3H3. The quantitative estimate of drug-likeness (QED) is 0.623. The Balaban J connectivity index is 1.93. The molecule has 0 saturated heterocycles. The second kappa shape index (κ2) is 10.3. The predicted octanol–water partition coefficient (Wildman–Crippen LogP) is 3.22. The summed E-state index contributed by atoms with van der Waals surface area (Å²) in [5.74, 6) is -1.46. The number of methoxy groups -OCH3 is 2. The summed E-state index contributed by atoms with van der Waals surface area (Å²) in [6.45, 7) is 1.76. The molecular formula is C24H24N2O6S. The number of carbonyl (C=O) groups is 2. The molecule has 1 heterocycles. The van der Waals surface area contributed by atoms with E-state index < -0.39 is 28.0 Å². The first-order chi connectivity index (χ1) is 15.8. The zero-order chi connectivity index (χ0) is 24.0. The number of hydrogen-bond donors (Lipinski definition) is 1. The van der Waals surface area contributed by atoms with Gasteiger partial charge in [0.05, 0.1) is 24.7 Å². The molecule has 2 aromatic carbocycles. The van der Waals surface area contributed by atoms with E-state index in [1.54, 1.807) is 25.3 Å². The molecule has 1 aliphatic rings. The van der Waals surface area contributed by atoms with Gasteiger partial charge in [-0.25, -0.2) is 22.7 Å². The third-order valence-electron chi connectivity index (χ3n) is 4.95. The summed E-state index contributed by atoms with van der Waals surface area (Å²) in [7, 11) is -1.39. The molecule has 1 aliphatic heterocycles. The van der Waals surface area contributed by atoms with Gasteiger partial charge in [0.1, 0.15) is 5.70 Å². The van der Waals surface area contributed by atoms with Gasteiger partial charge >= 0.3 is 11.9 Å². The van der Waals surface area contributed by atoms with Gasteiger partial charge < -0.3 is 14.4 Å². The van der Waals surface area contributed by atoms with E-state index in [0.717, 1.165) is 5.56 Å². The van der Waals surface area contributed by atoms with Crippen LogP contribution in [0.4, 0.5) is 5.69 Å². The van der Waals surface area contributed by atoms with Crippen LogP contribution in [0.15, 0.2) is 95.2 Å². The van der Waals surface area contributed by atoms with E-state index >= 15 is 0 Å². The van der Waals surface area contributed by atoms with Crippen LogP contribution in [-0.2, 0) is 29.1 Å². The number of ether oxygens (including phenoxy) is 2. The Hall–Kier alpha value is -3.69. The van der Waals surface area contributed by atoms with Crippen LogP contribution in [-0.4, -0.2) is 34.6 Å². The first-order valence-electron chi connectivity index (χ1n) is 10.0. The van der Waals surface area contributed by atoms with Gasteiger partial charge in [-0.1, -0.05) is 36.4 Å². The Morgan fingerprint density at radius 1 is 0.909 bits per heavy atom. The third kappa shape index (κ3) is 5.39. The lowest BCUT2D eigenvalue weighted by atomic mass is 10.1. The minimum atomic E-state index is -3.80. The van der Waals surface area contributed by atoms with Crippen LogP contribution >= 0.6 is 0 Å². The van der Waals surface area contributed by atoms with Gasteiger partial charge in [-0.2, -0.15) is 0 Å². The topological polar surface area (TPSA) is 102 Å². The van der Waals surface area contributed by atoms with Crippen LogP contribution in [0.25, 0.3) is 0 Å². The van der Waals surface area contributed by atoms with Gasteiger partial charge in [-0.15, -0.1) is 0 Å². The maximum absolute atomic E-state index is 12.9. The molecule has 1 unspecified atom stereocenters. The summed E-state index contributed by atoms with van der Waals surface area (Å²) in [5, 5.41) is 0. The molecule has 0 aliphatic carbocycles. The van der Waals surface area contributed by atoms with Crippen LogP contribution in [0.2, 0.25) is 0 Å². The summed E-state index contributed by atoms with van der Waals surface area (Å²) in [5.41, 5.74) is 1.24. The zero-order valence-corrected chi connectivity index (χ0v) is 19.2. The molecular weight excluding hydrogens is 444 g/mol. The van der Waals surface area contributed by atoms with Gasteiger partial charge in [0, 0.05) is 17.9 Å². The van der Waals surface area contributed by atoms with Gasteiger partial charge in [0.25, 0.3) is 0 Å². The van der Waals surface area contributed by atoms with Gasteiger partial charge in [0.15, 0.2) is 0 Å². The Morgan fingerprint density at radius 3 is 2.15 bits per heavy atom. The SMILES string of the molecule is COC(=O)C1=C(C(=O)OC)N(c2ccc(S(=O)(=O)NC(C)c3ccccc3)cc2)C=CC=C1. The highest BCUT2D eigenvalue weighted by Crippen LogP contribution is 2.27. The van der Waals surface area contributed by atoms with Gasteiger partial charge in [0.2, 0.25) is 10.0 Å². The largest absolute Gasteiger partial charge is 0.465 e. The molecule has 33 heavy (non-hydrogen) atoms. The summed E-state index contributed by atoms with van der Waals surface area (Å²) in [4.78, 5) is 26.3.